The van der Waals surface area contributed by atoms with Crippen LogP contribution in [0, 0.1) is 0 Å². The predicted molar refractivity (Wildman–Crippen MR) is 93.8 cm³/mol. The van der Waals surface area contributed by atoms with Crippen LogP contribution >= 0.6 is 11.3 Å². The Hall–Kier alpha value is -1.64. The number of hydrogen-bond donors (Lipinski definition) is 1. The lowest BCUT2D eigenvalue weighted by atomic mass is 10.3. The number of aromatic nitrogens is 1. The third kappa shape index (κ3) is 3.40. The van der Waals surface area contributed by atoms with Crippen molar-refractivity contribution in [1.29, 1.82) is 0 Å². The molecule has 1 amide bonds. The van der Waals surface area contributed by atoms with E-state index in [1.54, 1.807) is 29.3 Å². The van der Waals surface area contributed by atoms with Crippen molar-refractivity contribution in [3.63, 3.8) is 0 Å². The van der Waals surface area contributed by atoms with Crippen molar-refractivity contribution in [1.82, 2.24) is 14.2 Å². The van der Waals surface area contributed by atoms with Gasteiger partial charge in [0, 0.05) is 37.3 Å². The van der Waals surface area contributed by atoms with Crippen LogP contribution in [0.15, 0.2) is 34.7 Å². The molecule has 2 aromatic heterocycles. The molecule has 0 unspecified atom stereocenters. The summed E-state index contributed by atoms with van der Waals surface area (Å²) in [7, 11) is -3.47. The van der Waals surface area contributed by atoms with Gasteiger partial charge >= 0.3 is 0 Å². The Kier molecular flexibility index (Phi) is 5.07. The first-order valence-electron chi connectivity index (χ1n) is 8.04. The molecule has 2 aromatic rings. The molecule has 0 saturated carbocycles. The van der Waals surface area contributed by atoms with Crippen LogP contribution in [0.1, 0.15) is 28.7 Å². The minimum Gasteiger partial charge on any atom is -0.357 e. The highest BCUT2D eigenvalue weighted by Crippen LogP contribution is 2.26. The minimum atomic E-state index is -3.47. The third-order valence-corrected chi connectivity index (χ3v) is 7.75. The van der Waals surface area contributed by atoms with Gasteiger partial charge in [-0.2, -0.15) is 4.31 Å². The van der Waals surface area contributed by atoms with Gasteiger partial charge in [0.1, 0.15) is 9.90 Å². The molecule has 1 saturated heterocycles. The Morgan fingerprint density at radius 3 is 2.71 bits per heavy atom. The SMILES string of the molecule is CCc1ccc(S(=O)(=O)N2CCCN(C(=O)c3ccc[nH]3)CC2)s1. The number of hydrogen-bond acceptors (Lipinski definition) is 4. The van der Waals surface area contributed by atoms with Crippen molar-refractivity contribution in [2.24, 2.45) is 0 Å². The zero-order chi connectivity index (χ0) is 17.2. The van der Waals surface area contributed by atoms with Gasteiger partial charge in [0.15, 0.2) is 0 Å². The molecule has 8 heteroatoms. The minimum absolute atomic E-state index is 0.0800. The van der Waals surface area contributed by atoms with Gasteiger partial charge in [-0.3, -0.25) is 4.79 Å². The van der Waals surface area contributed by atoms with Gasteiger partial charge in [-0.15, -0.1) is 11.3 Å². The second-order valence-corrected chi connectivity index (χ2v) is 9.04. The van der Waals surface area contributed by atoms with Crippen LogP contribution in [0.5, 0.6) is 0 Å². The van der Waals surface area contributed by atoms with E-state index in [2.05, 4.69) is 4.98 Å². The van der Waals surface area contributed by atoms with Gasteiger partial charge in [0.05, 0.1) is 0 Å². The van der Waals surface area contributed by atoms with Crippen LogP contribution in [0.3, 0.4) is 0 Å². The lowest BCUT2D eigenvalue weighted by Crippen LogP contribution is -2.37. The first-order chi connectivity index (χ1) is 11.5. The molecule has 0 spiro atoms. The van der Waals surface area contributed by atoms with Gasteiger partial charge in [-0.05, 0) is 37.1 Å². The second-order valence-electron chi connectivity index (χ2n) is 5.71. The fourth-order valence-corrected chi connectivity index (χ4v) is 5.70. The molecule has 24 heavy (non-hydrogen) atoms. The molecule has 0 aromatic carbocycles. The number of aryl methyl sites for hydroxylation is 1. The number of H-pyrrole nitrogens is 1. The summed E-state index contributed by atoms with van der Waals surface area (Å²) >= 11 is 1.33. The Bertz CT molecular complexity index is 796. The molecule has 3 rings (SSSR count). The fourth-order valence-electron chi connectivity index (χ4n) is 2.79. The van der Waals surface area contributed by atoms with Crippen molar-refractivity contribution in [3.05, 3.63) is 41.0 Å². The lowest BCUT2D eigenvalue weighted by Gasteiger charge is -2.21. The van der Waals surface area contributed by atoms with Crippen molar-refractivity contribution in [2.45, 2.75) is 24.0 Å². The summed E-state index contributed by atoms with van der Waals surface area (Å²) in [6, 6.07) is 7.08. The van der Waals surface area contributed by atoms with Crippen molar-refractivity contribution >= 4 is 27.3 Å². The number of carbonyl (C=O) groups excluding carboxylic acids is 1. The van der Waals surface area contributed by atoms with Crippen LogP contribution in [-0.2, 0) is 16.4 Å². The summed E-state index contributed by atoms with van der Waals surface area (Å²) in [5, 5.41) is 0. The van der Waals surface area contributed by atoms with E-state index in [0.717, 1.165) is 11.3 Å². The summed E-state index contributed by atoms with van der Waals surface area (Å²) in [4.78, 5) is 18.1. The Labute approximate surface area is 146 Å². The number of sulfonamides is 1. The normalized spacial score (nSPS) is 17.0. The summed E-state index contributed by atoms with van der Waals surface area (Å²) in [6.07, 6.45) is 3.18. The molecular formula is C16H21N3O3S2. The zero-order valence-electron chi connectivity index (χ0n) is 13.6. The maximum Gasteiger partial charge on any atom is 0.270 e. The van der Waals surface area contributed by atoms with E-state index in [0.29, 0.717) is 42.5 Å². The molecule has 1 aliphatic rings. The van der Waals surface area contributed by atoms with E-state index in [4.69, 9.17) is 0 Å². The maximum atomic E-state index is 12.8. The zero-order valence-corrected chi connectivity index (χ0v) is 15.2. The molecular weight excluding hydrogens is 346 g/mol. The Balaban J connectivity index is 1.72. The molecule has 3 heterocycles. The number of thiophene rings is 1. The van der Waals surface area contributed by atoms with Crippen LogP contribution in [0.25, 0.3) is 0 Å². The molecule has 1 fully saturated rings. The van der Waals surface area contributed by atoms with Crippen molar-refractivity contribution in [3.8, 4) is 0 Å². The number of rotatable bonds is 4. The quantitative estimate of drug-likeness (QED) is 0.900. The molecule has 0 atom stereocenters. The molecule has 6 nitrogen and oxygen atoms in total. The first-order valence-corrected chi connectivity index (χ1v) is 10.3. The van der Waals surface area contributed by atoms with E-state index in [9.17, 15) is 13.2 Å². The summed E-state index contributed by atoms with van der Waals surface area (Å²) in [5.41, 5.74) is 0.539. The highest BCUT2D eigenvalue weighted by Gasteiger charge is 2.29. The van der Waals surface area contributed by atoms with E-state index in [1.807, 2.05) is 13.0 Å². The van der Waals surface area contributed by atoms with Gasteiger partial charge in [0.25, 0.3) is 15.9 Å². The average molecular weight is 367 g/mol. The first kappa shape index (κ1) is 17.2. The second kappa shape index (κ2) is 7.08. The highest BCUT2D eigenvalue weighted by molar-refractivity contribution is 7.91. The smallest absolute Gasteiger partial charge is 0.270 e. The fraction of sp³-hybridized carbons (Fsp3) is 0.438. The van der Waals surface area contributed by atoms with E-state index >= 15 is 0 Å². The summed E-state index contributed by atoms with van der Waals surface area (Å²) < 4.78 is 27.5. The highest BCUT2D eigenvalue weighted by atomic mass is 32.2. The number of carbonyl (C=O) groups is 1. The summed E-state index contributed by atoms with van der Waals surface area (Å²) in [6.45, 7) is 3.75. The topological polar surface area (TPSA) is 73.5 Å². The predicted octanol–water partition coefficient (Wildman–Crippen LogP) is 2.18. The number of amides is 1. The average Bonchev–Trinajstić information content (AvgIpc) is 3.21. The molecule has 1 N–H and O–H groups in total. The van der Waals surface area contributed by atoms with E-state index < -0.39 is 10.0 Å². The molecule has 0 aliphatic carbocycles. The number of nitrogens with zero attached hydrogens (tertiary/aromatic N) is 2. The van der Waals surface area contributed by atoms with Crippen molar-refractivity contribution in [2.75, 3.05) is 26.2 Å². The lowest BCUT2D eigenvalue weighted by molar-refractivity contribution is 0.0759. The number of nitrogens with one attached hydrogen (secondary N) is 1. The monoisotopic (exact) mass is 367 g/mol. The Morgan fingerprint density at radius 1 is 1.21 bits per heavy atom. The third-order valence-electron chi connectivity index (χ3n) is 4.15. The van der Waals surface area contributed by atoms with Gasteiger partial charge in [-0.25, -0.2) is 8.42 Å². The van der Waals surface area contributed by atoms with Gasteiger partial charge in [-0.1, -0.05) is 6.92 Å². The maximum absolute atomic E-state index is 12.8. The van der Waals surface area contributed by atoms with E-state index in [-0.39, 0.29) is 5.91 Å². The van der Waals surface area contributed by atoms with Crippen molar-refractivity contribution < 1.29 is 13.2 Å². The molecule has 0 bridgehead atoms. The Morgan fingerprint density at radius 2 is 2.04 bits per heavy atom. The molecule has 0 radical (unpaired) electrons. The largest absolute Gasteiger partial charge is 0.357 e. The van der Waals surface area contributed by atoms with Crippen LogP contribution < -0.4 is 0 Å². The van der Waals surface area contributed by atoms with E-state index in [1.165, 1.54) is 15.6 Å². The van der Waals surface area contributed by atoms with Gasteiger partial charge in [0.2, 0.25) is 0 Å². The van der Waals surface area contributed by atoms with Crippen LogP contribution in [0.4, 0.5) is 0 Å². The van der Waals surface area contributed by atoms with Crippen LogP contribution in [-0.4, -0.2) is 54.7 Å². The van der Waals surface area contributed by atoms with Gasteiger partial charge < -0.3 is 9.88 Å². The molecule has 130 valence electrons. The summed E-state index contributed by atoms with van der Waals surface area (Å²) in [5.74, 6) is -0.0800. The van der Waals surface area contributed by atoms with Crippen LogP contribution in [0.2, 0.25) is 0 Å². The number of aromatic amines is 1. The standard InChI is InChI=1S/C16H21N3O3S2/c1-2-13-6-7-15(23-13)24(21,22)19-10-4-9-18(11-12-19)16(20)14-5-3-8-17-14/h3,5-8,17H,2,4,9-12H2,1H3. The molecule has 1 aliphatic heterocycles.